The molecular formula is C30H35N5O7S. The Morgan fingerprint density at radius 2 is 1.79 bits per heavy atom. The minimum absolute atomic E-state index is 0.0102. The normalized spacial score (nSPS) is 14.3. The Hall–Kier alpha value is -4.28. The Morgan fingerprint density at radius 3 is 2.35 bits per heavy atom. The van der Waals surface area contributed by atoms with E-state index < -0.39 is 44.4 Å². The van der Waals surface area contributed by atoms with Gasteiger partial charge in [-0.15, -0.1) is 0 Å². The van der Waals surface area contributed by atoms with Gasteiger partial charge in [0, 0.05) is 39.3 Å². The predicted molar refractivity (Wildman–Crippen MR) is 158 cm³/mol. The number of nitrogens with zero attached hydrogens (tertiary/aromatic N) is 5. The highest BCUT2D eigenvalue weighted by Gasteiger charge is 2.56. The Morgan fingerprint density at radius 1 is 1.14 bits per heavy atom. The molecule has 43 heavy (non-hydrogen) atoms. The summed E-state index contributed by atoms with van der Waals surface area (Å²) in [6, 6.07) is 11.7. The third kappa shape index (κ3) is 6.40. The van der Waals surface area contributed by atoms with Gasteiger partial charge in [-0.3, -0.25) is 14.4 Å². The molecule has 12 nitrogen and oxygen atoms in total. The first-order chi connectivity index (χ1) is 20.1. The van der Waals surface area contributed by atoms with Gasteiger partial charge in [-0.1, -0.05) is 12.1 Å². The van der Waals surface area contributed by atoms with E-state index in [4.69, 9.17) is 14.7 Å². The van der Waals surface area contributed by atoms with Crippen LogP contribution in [0.25, 0.3) is 10.9 Å². The van der Waals surface area contributed by atoms with E-state index in [9.17, 15) is 22.8 Å². The summed E-state index contributed by atoms with van der Waals surface area (Å²) in [4.78, 5) is 45.4. The second kappa shape index (κ2) is 11.8. The molecule has 0 spiro atoms. The highest BCUT2D eigenvalue weighted by atomic mass is 32.2. The zero-order valence-corrected chi connectivity index (χ0v) is 25.9. The summed E-state index contributed by atoms with van der Waals surface area (Å²) in [5.41, 5.74) is -0.192. The van der Waals surface area contributed by atoms with Crippen LogP contribution in [0.4, 0.5) is 0 Å². The largest absolute Gasteiger partial charge is 0.474 e. The van der Waals surface area contributed by atoms with Gasteiger partial charge in [-0.05, 0) is 63.4 Å². The number of ether oxygens (including phenoxy) is 2. The van der Waals surface area contributed by atoms with Gasteiger partial charge in [0.15, 0.2) is 6.73 Å². The minimum atomic E-state index is -3.58. The standard InChI is InChI=1S/C30H35N5O7S/c1-29(2,3)28(38)42-19-35(17-21-9-7-20(16-31)8-10-21)27(37)23-15-22-11-14-32-25(24(22)34(6)26(23)36)41-18-30(12-13-30)43(39,40)33(4)5/h7-11,14-15H,12-13,17-19H2,1-6H3. The van der Waals surface area contributed by atoms with Gasteiger partial charge in [0.1, 0.15) is 22.4 Å². The molecule has 1 aliphatic rings. The van der Waals surface area contributed by atoms with Crippen molar-refractivity contribution < 1.29 is 27.5 Å². The second-order valence-corrected chi connectivity index (χ2v) is 14.4. The van der Waals surface area contributed by atoms with Crippen molar-refractivity contribution in [3.63, 3.8) is 0 Å². The third-order valence-corrected chi connectivity index (χ3v) is 9.92. The summed E-state index contributed by atoms with van der Waals surface area (Å²) < 4.78 is 38.3. The number of hydrogen-bond acceptors (Lipinski definition) is 9. The molecule has 2 aromatic heterocycles. The quantitative estimate of drug-likeness (QED) is 0.250. The Bertz CT molecular complexity index is 1760. The van der Waals surface area contributed by atoms with Crippen molar-refractivity contribution in [3.8, 4) is 11.9 Å². The molecule has 1 saturated carbocycles. The maximum atomic E-state index is 13.8. The van der Waals surface area contributed by atoms with Crippen molar-refractivity contribution in [2.45, 2.75) is 44.9 Å². The molecule has 0 aliphatic heterocycles. The fraction of sp³-hybridized carbons (Fsp3) is 0.433. The zero-order valence-electron chi connectivity index (χ0n) is 25.1. The number of rotatable bonds is 10. The summed E-state index contributed by atoms with van der Waals surface area (Å²) >= 11 is 0. The number of pyridine rings is 2. The number of hydrogen-bond donors (Lipinski definition) is 0. The second-order valence-electron chi connectivity index (χ2n) is 11.9. The molecule has 1 aromatic carbocycles. The average Bonchev–Trinajstić information content (AvgIpc) is 3.77. The number of esters is 1. The van der Waals surface area contributed by atoms with E-state index in [1.54, 1.807) is 51.1 Å². The van der Waals surface area contributed by atoms with Crippen molar-refractivity contribution in [2.24, 2.45) is 12.5 Å². The SMILES string of the molecule is CN(C)S(=O)(=O)C1(COc2nccc3cc(C(=O)N(COC(=O)C(C)(C)C)Cc4ccc(C#N)cc4)c(=O)n(C)c23)CC1. The highest BCUT2D eigenvalue weighted by molar-refractivity contribution is 7.90. The van der Waals surface area contributed by atoms with Crippen LogP contribution in [0.15, 0.2) is 47.4 Å². The molecule has 13 heteroatoms. The first-order valence-corrected chi connectivity index (χ1v) is 15.0. The molecule has 0 saturated heterocycles. The number of fused-ring (bicyclic) bond motifs is 1. The van der Waals surface area contributed by atoms with E-state index in [1.807, 2.05) is 6.07 Å². The number of aromatic nitrogens is 2. The fourth-order valence-electron chi connectivity index (χ4n) is 4.47. The topological polar surface area (TPSA) is 152 Å². The first kappa shape index (κ1) is 31.7. The molecule has 0 bridgehead atoms. The highest BCUT2D eigenvalue weighted by Crippen LogP contribution is 2.45. The molecule has 0 atom stereocenters. The van der Waals surface area contributed by atoms with Gasteiger partial charge in [-0.2, -0.15) is 5.26 Å². The van der Waals surface area contributed by atoms with Gasteiger partial charge in [0.25, 0.3) is 11.5 Å². The van der Waals surface area contributed by atoms with Crippen LogP contribution >= 0.6 is 0 Å². The molecule has 1 amide bonds. The van der Waals surface area contributed by atoms with Gasteiger partial charge < -0.3 is 18.9 Å². The third-order valence-electron chi connectivity index (χ3n) is 7.34. The van der Waals surface area contributed by atoms with Crippen LogP contribution in [0.1, 0.15) is 55.1 Å². The molecule has 4 rings (SSSR count). The van der Waals surface area contributed by atoms with Crippen LogP contribution in [0.3, 0.4) is 0 Å². The average molecular weight is 610 g/mol. The first-order valence-electron chi connectivity index (χ1n) is 13.6. The van der Waals surface area contributed by atoms with Crippen molar-refractivity contribution >= 4 is 32.8 Å². The van der Waals surface area contributed by atoms with Crippen LogP contribution in [-0.2, 0) is 33.1 Å². The van der Waals surface area contributed by atoms with Crippen molar-refractivity contribution in [1.29, 1.82) is 5.26 Å². The Balaban J connectivity index is 1.67. The van der Waals surface area contributed by atoms with E-state index in [-0.39, 0.29) is 24.6 Å². The van der Waals surface area contributed by atoms with Crippen LogP contribution in [0.5, 0.6) is 5.88 Å². The summed E-state index contributed by atoms with van der Waals surface area (Å²) in [6.45, 7) is 4.55. The lowest BCUT2D eigenvalue weighted by atomic mass is 9.97. The molecule has 0 N–H and O–H groups in total. The van der Waals surface area contributed by atoms with E-state index in [0.717, 1.165) is 0 Å². The molecule has 1 aliphatic carbocycles. The molecule has 3 aromatic rings. The molecular weight excluding hydrogens is 574 g/mol. The molecule has 228 valence electrons. The predicted octanol–water partition coefficient (Wildman–Crippen LogP) is 2.80. The maximum Gasteiger partial charge on any atom is 0.312 e. The van der Waals surface area contributed by atoms with Crippen molar-refractivity contribution in [2.75, 3.05) is 27.4 Å². The van der Waals surface area contributed by atoms with Crippen LogP contribution in [-0.4, -0.2) is 71.2 Å². The fourth-order valence-corrected chi connectivity index (χ4v) is 6.07. The number of aryl methyl sites for hydroxylation is 1. The summed E-state index contributed by atoms with van der Waals surface area (Å²) in [5.74, 6) is -1.11. The number of nitriles is 1. The number of benzene rings is 1. The minimum Gasteiger partial charge on any atom is -0.474 e. The van der Waals surface area contributed by atoms with Gasteiger partial charge in [0.2, 0.25) is 15.9 Å². The lowest BCUT2D eigenvalue weighted by molar-refractivity contribution is -0.156. The molecule has 0 radical (unpaired) electrons. The van der Waals surface area contributed by atoms with E-state index in [1.165, 1.54) is 47.2 Å². The maximum absolute atomic E-state index is 13.8. The van der Waals surface area contributed by atoms with Crippen LogP contribution in [0, 0.1) is 16.7 Å². The Labute approximate surface area is 250 Å². The number of amides is 1. The van der Waals surface area contributed by atoms with E-state index >= 15 is 0 Å². The zero-order chi connectivity index (χ0) is 31.7. The van der Waals surface area contributed by atoms with Gasteiger partial charge >= 0.3 is 5.97 Å². The van der Waals surface area contributed by atoms with E-state index in [2.05, 4.69) is 4.98 Å². The number of carbonyl (C=O) groups is 2. The molecule has 0 unspecified atom stereocenters. The monoisotopic (exact) mass is 609 g/mol. The smallest absolute Gasteiger partial charge is 0.312 e. The van der Waals surface area contributed by atoms with Crippen molar-refractivity contribution in [3.05, 3.63) is 69.6 Å². The lowest BCUT2D eigenvalue weighted by Gasteiger charge is -2.25. The number of carbonyl (C=O) groups excluding carboxylic acids is 2. The van der Waals surface area contributed by atoms with Crippen LogP contribution in [0.2, 0.25) is 0 Å². The summed E-state index contributed by atoms with van der Waals surface area (Å²) in [7, 11) is 0.850. The van der Waals surface area contributed by atoms with Gasteiger partial charge in [-0.25, -0.2) is 17.7 Å². The molecule has 1 fully saturated rings. The summed E-state index contributed by atoms with van der Waals surface area (Å²) in [6.07, 6.45) is 2.35. The number of sulfonamides is 1. The van der Waals surface area contributed by atoms with Crippen molar-refractivity contribution in [1.82, 2.24) is 18.8 Å². The van der Waals surface area contributed by atoms with Gasteiger partial charge in [0.05, 0.1) is 17.0 Å². The molecule has 2 heterocycles. The summed E-state index contributed by atoms with van der Waals surface area (Å²) in [5, 5.41) is 9.59. The van der Waals surface area contributed by atoms with Crippen LogP contribution < -0.4 is 10.3 Å². The lowest BCUT2D eigenvalue weighted by Crippen LogP contribution is -2.39. The van der Waals surface area contributed by atoms with E-state index in [0.29, 0.717) is 34.9 Å². The Kier molecular flexibility index (Phi) is 8.67.